The lowest BCUT2D eigenvalue weighted by atomic mass is 10.7. The fourth-order valence-electron chi connectivity index (χ4n) is 0.784. The molecule has 0 aliphatic carbocycles. The third-order valence-corrected chi connectivity index (χ3v) is 1.25. The van der Waals surface area contributed by atoms with Gasteiger partial charge in [0.1, 0.15) is 11.8 Å². The molecule has 0 spiro atoms. The smallest absolute Gasteiger partial charge is 0.182 e. The number of nitrogens with one attached hydrogen (secondary N) is 1. The molecule has 0 aliphatic heterocycles. The maximum Gasteiger partial charge on any atom is 0.182 e. The molecule has 0 radical (unpaired) electrons. The number of hydrogen-bond donors (Lipinski definition) is 2. The highest BCUT2D eigenvalue weighted by molar-refractivity contribution is 5.80. The molecule has 0 unspecified atom stereocenters. The molecule has 5 nitrogen and oxygen atoms in total. The van der Waals surface area contributed by atoms with Gasteiger partial charge in [0, 0.05) is 0 Å². The van der Waals surface area contributed by atoms with Crippen molar-refractivity contribution in [1.82, 2.24) is 19.9 Å². The van der Waals surface area contributed by atoms with Crippen LogP contribution in [-0.4, -0.2) is 19.9 Å². The van der Waals surface area contributed by atoms with Crippen LogP contribution in [-0.2, 0) is 0 Å². The molecule has 3 N–H and O–H groups in total. The summed E-state index contributed by atoms with van der Waals surface area (Å²) in [6, 6.07) is 0. The lowest BCUT2D eigenvalue weighted by Crippen LogP contribution is -1.91. The highest BCUT2D eigenvalue weighted by Crippen LogP contribution is 2.09. The monoisotopic (exact) mass is 136 g/mol. The number of aromatic amines is 1. The number of anilines is 1. The molecular formula is C5H5N5. The second-order valence-corrected chi connectivity index (χ2v) is 1.86. The van der Waals surface area contributed by atoms with Crippen LogP contribution >= 0.6 is 0 Å². The number of hydrogen-bond acceptors (Lipinski definition) is 4. The van der Waals surface area contributed by atoms with Gasteiger partial charge in [0.05, 0.1) is 6.33 Å². The first-order valence-electron chi connectivity index (χ1n) is 2.77. The fourth-order valence-corrected chi connectivity index (χ4v) is 0.784. The van der Waals surface area contributed by atoms with Crippen LogP contribution in [0.15, 0.2) is 12.7 Å². The van der Waals surface area contributed by atoms with Gasteiger partial charge in [0.15, 0.2) is 11.5 Å². The van der Waals surface area contributed by atoms with E-state index in [1.165, 1.54) is 12.7 Å². The van der Waals surface area contributed by atoms with Crippen molar-refractivity contribution >= 4 is 17.0 Å². The van der Waals surface area contributed by atoms with Crippen molar-refractivity contribution in [3.63, 3.8) is 0 Å². The zero-order valence-corrected chi connectivity index (χ0v) is 5.07. The van der Waals surface area contributed by atoms with Crippen molar-refractivity contribution in [2.75, 3.05) is 5.73 Å². The van der Waals surface area contributed by atoms with Gasteiger partial charge in [-0.15, -0.1) is 0 Å². The number of imidazole rings is 1. The minimum absolute atomic E-state index is 0.433. The van der Waals surface area contributed by atoms with Gasteiger partial charge in [-0.2, -0.15) is 0 Å². The highest BCUT2D eigenvalue weighted by atomic mass is 15.2. The molecule has 10 heavy (non-hydrogen) atoms. The van der Waals surface area contributed by atoms with Crippen LogP contribution < -0.4 is 5.73 Å². The van der Waals surface area contributed by atoms with Crippen LogP contribution in [0.25, 0.3) is 11.2 Å². The summed E-state index contributed by atoms with van der Waals surface area (Å²) >= 11 is 0. The maximum atomic E-state index is 5.48. The Kier molecular flexibility index (Phi) is 0.858. The Morgan fingerprint density at radius 1 is 1.30 bits per heavy atom. The fraction of sp³-hybridized carbons (Fsp3) is 0. The molecule has 0 atom stereocenters. The van der Waals surface area contributed by atoms with Crippen LogP contribution in [0, 0.1) is 0 Å². The first kappa shape index (κ1) is 5.16. The summed E-state index contributed by atoms with van der Waals surface area (Å²) in [4.78, 5) is 14.4. The predicted molar refractivity (Wildman–Crippen MR) is 36.1 cm³/mol. The van der Waals surface area contributed by atoms with Gasteiger partial charge in [-0.3, -0.25) is 0 Å². The first-order chi connectivity index (χ1) is 4.88. The zero-order chi connectivity index (χ0) is 6.97. The van der Waals surface area contributed by atoms with E-state index in [1.54, 1.807) is 0 Å². The summed E-state index contributed by atoms with van der Waals surface area (Å²) in [6.45, 7) is 0. The lowest BCUT2D eigenvalue weighted by Gasteiger charge is -1.89. The normalized spacial score (nSPS) is 10.4. The van der Waals surface area contributed by atoms with Crippen LogP contribution in [0.3, 0.4) is 0 Å². The average Bonchev–Trinajstić information content (AvgIpc) is 2.36. The second kappa shape index (κ2) is 1.66. The minimum Gasteiger partial charge on any atom is -0.382 e. The van der Waals surface area contributed by atoms with E-state index in [1.807, 2.05) is 0 Å². The van der Waals surface area contributed by atoms with Crippen LogP contribution in [0.1, 0.15) is 0 Å². The largest absolute Gasteiger partial charge is 0.382 e. The molecule has 2 aromatic rings. The topological polar surface area (TPSA) is 80.5 Å². The highest BCUT2D eigenvalue weighted by Gasteiger charge is 1.99. The molecule has 50 valence electrons. The first-order valence-corrected chi connectivity index (χ1v) is 2.77. The van der Waals surface area contributed by atoms with Gasteiger partial charge in [0.2, 0.25) is 0 Å². The number of nitrogens with zero attached hydrogens (tertiary/aromatic N) is 3. The molecule has 0 fully saturated rings. The third-order valence-electron chi connectivity index (χ3n) is 1.25. The second-order valence-electron chi connectivity index (χ2n) is 1.86. The van der Waals surface area contributed by atoms with Gasteiger partial charge < -0.3 is 10.7 Å². The lowest BCUT2D eigenvalue weighted by molar-refractivity contribution is 1.21. The number of H-pyrrole nitrogens is 1. The van der Waals surface area contributed by atoms with Gasteiger partial charge >= 0.3 is 0 Å². The van der Waals surface area contributed by atoms with Crippen LogP contribution in [0.4, 0.5) is 5.82 Å². The van der Waals surface area contributed by atoms with Gasteiger partial charge in [-0.1, -0.05) is 0 Å². The Morgan fingerprint density at radius 2 is 2.20 bits per heavy atom. The van der Waals surface area contributed by atoms with E-state index >= 15 is 0 Å². The van der Waals surface area contributed by atoms with E-state index < -0.39 is 0 Å². The summed E-state index contributed by atoms with van der Waals surface area (Å²) in [5.74, 6) is 0.433. The standard InChI is InChI=1S/C5H5N5/c6-4-3-5(9-1-7-3)10-2-8-4/h1-2H,(H3,6,7,8,9,10)/i4+1. The number of fused-ring (bicyclic) bond motifs is 1. The van der Waals surface area contributed by atoms with Crippen LogP contribution in [0.2, 0.25) is 0 Å². The van der Waals surface area contributed by atoms with Gasteiger partial charge in [-0.05, 0) is 0 Å². The summed E-state index contributed by atoms with van der Waals surface area (Å²) in [5.41, 5.74) is 6.78. The summed E-state index contributed by atoms with van der Waals surface area (Å²) < 4.78 is 0. The molecule has 0 aliphatic rings. The Balaban J connectivity index is 2.95. The van der Waals surface area contributed by atoms with Gasteiger partial charge in [0.25, 0.3) is 0 Å². The average molecular weight is 136 g/mol. The Hall–Kier alpha value is -1.65. The van der Waals surface area contributed by atoms with Crippen molar-refractivity contribution < 1.29 is 0 Å². The molecule has 2 heterocycles. The van der Waals surface area contributed by atoms with E-state index in [4.69, 9.17) is 5.73 Å². The molecular weight excluding hydrogens is 131 g/mol. The number of aromatic nitrogens is 4. The number of rotatable bonds is 0. The molecule has 0 amide bonds. The Morgan fingerprint density at radius 3 is 3.00 bits per heavy atom. The molecule has 0 saturated carbocycles. The summed E-state index contributed by atoms with van der Waals surface area (Å²) in [7, 11) is 0. The molecule has 0 bridgehead atoms. The molecule has 2 rings (SSSR count). The van der Waals surface area contributed by atoms with E-state index in [0.717, 1.165) is 0 Å². The maximum absolute atomic E-state index is 5.48. The molecule has 2 aromatic heterocycles. The van der Waals surface area contributed by atoms with Crippen molar-refractivity contribution in [1.29, 1.82) is 0 Å². The predicted octanol–water partition coefficient (Wildman–Crippen LogP) is -0.0649. The van der Waals surface area contributed by atoms with E-state index in [-0.39, 0.29) is 0 Å². The minimum atomic E-state index is 0.433. The zero-order valence-electron chi connectivity index (χ0n) is 5.07. The Bertz CT molecular complexity index is 352. The van der Waals surface area contributed by atoms with Crippen LogP contribution in [0.5, 0.6) is 0 Å². The van der Waals surface area contributed by atoms with Crippen molar-refractivity contribution in [3.05, 3.63) is 12.7 Å². The molecule has 0 saturated heterocycles. The number of nitrogen functional groups attached to an aromatic ring is 1. The van der Waals surface area contributed by atoms with E-state index in [0.29, 0.717) is 17.0 Å². The summed E-state index contributed by atoms with van der Waals surface area (Å²) in [6.07, 6.45) is 2.92. The van der Waals surface area contributed by atoms with Crippen molar-refractivity contribution in [2.45, 2.75) is 0 Å². The third kappa shape index (κ3) is 0.540. The Labute approximate surface area is 56.3 Å². The van der Waals surface area contributed by atoms with Crippen molar-refractivity contribution in [3.8, 4) is 0 Å². The summed E-state index contributed by atoms with van der Waals surface area (Å²) in [5, 5.41) is 0. The van der Waals surface area contributed by atoms with Crippen molar-refractivity contribution in [2.24, 2.45) is 0 Å². The molecule has 5 heteroatoms. The quantitative estimate of drug-likeness (QED) is 0.531. The number of nitrogens with two attached hydrogens (primary N) is 1. The van der Waals surface area contributed by atoms with E-state index in [9.17, 15) is 0 Å². The van der Waals surface area contributed by atoms with Gasteiger partial charge in [-0.25, -0.2) is 15.0 Å². The SMILES string of the molecule is N[13c]1ncnc2nc[nH]c21. The van der Waals surface area contributed by atoms with E-state index in [2.05, 4.69) is 19.9 Å². The molecule has 0 aromatic carbocycles.